The molecule has 6 heteroatoms. The molecule has 0 saturated heterocycles. The van der Waals surface area contributed by atoms with Gasteiger partial charge in [0.25, 0.3) is 0 Å². The second-order valence-electron chi connectivity index (χ2n) is 4.13. The fourth-order valence-corrected chi connectivity index (χ4v) is 2.38. The van der Waals surface area contributed by atoms with Crippen LogP contribution in [0, 0.1) is 0 Å². The van der Waals surface area contributed by atoms with Crippen molar-refractivity contribution >= 4 is 34.8 Å². The number of hydrogen-bond acceptors (Lipinski definition) is 3. The minimum absolute atomic E-state index is 0.486. The highest BCUT2D eigenvalue weighted by Gasteiger charge is 2.09. The molecule has 0 fully saturated rings. The van der Waals surface area contributed by atoms with E-state index in [0.29, 0.717) is 34.0 Å². The number of halogens is 3. The van der Waals surface area contributed by atoms with E-state index in [0.717, 1.165) is 11.1 Å². The van der Waals surface area contributed by atoms with Gasteiger partial charge in [0.15, 0.2) is 0 Å². The minimum atomic E-state index is 0.486. The molecule has 0 bridgehead atoms. The molecule has 1 heterocycles. The normalized spacial score (nSPS) is 10.6. The lowest BCUT2D eigenvalue weighted by atomic mass is 10.2. The molecule has 2 aromatic rings. The molecule has 0 aliphatic rings. The van der Waals surface area contributed by atoms with Crippen molar-refractivity contribution in [2.45, 2.75) is 13.1 Å². The molecule has 1 aromatic carbocycles. The molecule has 0 saturated carbocycles. The standard InChI is InChI=1S/C14H13Cl3N2O/c1-20-13-5-2-9(7-19-13)6-18-8-10-11(15)3-4-12(16)14(10)17/h2-5,7,18H,6,8H2,1H3. The lowest BCUT2D eigenvalue weighted by Crippen LogP contribution is -2.13. The van der Waals surface area contributed by atoms with Gasteiger partial charge < -0.3 is 10.1 Å². The first kappa shape index (κ1) is 15.4. The van der Waals surface area contributed by atoms with Crippen molar-refractivity contribution in [1.82, 2.24) is 10.3 Å². The van der Waals surface area contributed by atoms with Gasteiger partial charge in [0.2, 0.25) is 5.88 Å². The quantitative estimate of drug-likeness (QED) is 0.828. The average Bonchev–Trinajstić information content (AvgIpc) is 2.47. The third kappa shape index (κ3) is 3.76. The number of methoxy groups -OCH3 is 1. The van der Waals surface area contributed by atoms with Crippen molar-refractivity contribution in [3.05, 3.63) is 56.7 Å². The Balaban J connectivity index is 1.97. The second-order valence-corrected chi connectivity index (χ2v) is 5.33. The first-order valence-electron chi connectivity index (χ1n) is 5.94. The summed E-state index contributed by atoms with van der Waals surface area (Å²) >= 11 is 18.2. The summed E-state index contributed by atoms with van der Waals surface area (Å²) in [6, 6.07) is 7.18. The molecule has 20 heavy (non-hydrogen) atoms. The number of benzene rings is 1. The monoisotopic (exact) mass is 330 g/mol. The maximum absolute atomic E-state index is 6.13. The molecule has 0 aliphatic heterocycles. The Hall–Kier alpha value is -1.00. The van der Waals surface area contributed by atoms with E-state index in [4.69, 9.17) is 39.5 Å². The highest BCUT2D eigenvalue weighted by Crippen LogP contribution is 2.31. The first-order valence-corrected chi connectivity index (χ1v) is 7.07. The van der Waals surface area contributed by atoms with Gasteiger partial charge in [-0.3, -0.25) is 0 Å². The number of nitrogens with zero attached hydrogens (tertiary/aromatic N) is 1. The van der Waals surface area contributed by atoms with Crippen molar-refractivity contribution < 1.29 is 4.74 Å². The topological polar surface area (TPSA) is 34.1 Å². The van der Waals surface area contributed by atoms with E-state index in [1.807, 2.05) is 12.1 Å². The maximum atomic E-state index is 6.13. The summed E-state index contributed by atoms with van der Waals surface area (Å²) in [5.74, 6) is 0.592. The van der Waals surface area contributed by atoms with Gasteiger partial charge in [0, 0.05) is 35.9 Å². The number of ether oxygens (including phenoxy) is 1. The Morgan fingerprint density at radius 1 is 1.05 bits per heavy atom. The van der Waals surface area contributed by atoms with Crippen molar-refractivity contribution in [1.29, 1.82) is 0 Å². The molecular weight excluding hydrogens is 319 g/mol. The van der Waals surface area contributed by atoms with Crippen LogP contribution in [0.25, 0.3) is 0 Å². The second kappa shape index (κ2) is 7.14. The molecule has 106 valence electrons. The number of pyridine rings is 1. The van der Waals surface area contributed by atoms with Crippen molar-refractivity contribution in [3.8, 4) is 5.88 Å². The van der Waals surface area contributed by atoms with Crippen LogP contribution in [-0.2, 0) is 13.1 Å². The molecule has 0 amide bonds. The van der Waals surface area contributed by atoms with E-state index in [1.165, 1.54) is 0 Å². The third-order valence-corrected chi connectivity index (χ3v) is 3.97. The van der Waals surface area contributed by atoms with Gasteiger partial charge in [-0.1, -0.05) is 40.9 Å². The fraction of sp³-hybridized carbons (Fsp3) is 0.214. The van der Waals surface area contributed by atoms with Crippen LogP contribution >= 0.6 is 34.8 Å². The Morgan fingerprint density at radius 2 is 1.80 bits per heavy atom. The van der Waals surface area contributed by atoms with Crippen LogP contribution in [0.15, 0.2) is 30.5 Å². The van der Waals surface area contributed by atoms with Crippen molar-refractivity contribution in [2.24, 2.45) is 0 Å². The average molecular weight is 332 g/mol. The van der Waals surface area contributed by atoms with Gasteiger partial charge in [-0.05, 0) is 17.7 Å². The maximum Gasteiger partial charge on any atom is 0.212 e. The SMILES string of the molecule is COc1ccc(CNCc2c(Cl)ccc(Cl)c2Cl)cn1. The highest BCUT2D eigenvalue weighted by atomic mass is 35.5. The lowest BCUT2D eigenvalue weighted by Gasteiger charge is -2.10. The van der Waals surface area contributed by atoms with Crippen LogP contribution in [0.3, 0.4) is 0 Å². The van der Waals surface area contributed by atoms with Gasteiger partial charge in [-0.15, -0.1) is 0 Å². The summed E-state index contributed by atoms with van der Waals surface area (Å²) in [4.78, 5) is 4.14. The molecule has 1 N–H and O–H groups in total. The molecule has 0 unspecified atom stereocenters. The smallest absolute Gasteiger partial charge is 0.212 e. The zero-order valence-corrected chi connectivity index (χ0v) is 13.1. The van der Waals surface area contributed by atoms with Crippen LogP contribution in [0.5, 0.6) is 5.88 Å². The van der Waals surface area contributed by atoms with E-state index in [-0.39, 0.29) is 0 Å². The zero-order valence-electron chi connectivity index (χ0n) is 10.8. The van der Waals surface area contributed by atoms with Crippen LogP contribution in [0.2, 0.25) is 15.1 Å². The van der Waals surface area contributed by atoms with E-state index < -0.39 is 0 Å². The van der Waals surface area contributed by atoms with Gasteiger partial charge >= 0.3 is 0 Å². The predicted molar refractivity (Wildman–Crippen MR) is 82.8 cm³/mol. The number of rotatable bonds is 5. The molecule has 0 spiro atoms. The van der Waals surface area contributed by atoms with E-state index in [9.17, 15) is 0 Å². The van der Waals surface area contributed by atoms with E-state index >= 15 is 0 Å². The molecule has 2 rings (SSSR count). The molecular formula is C14H13Cl3N2O. The van der Waals surface area contributed by atoms with Crippen LogP contribution in [-0.4, -0.2) is 12.1 Å². The molecule has 3 nitrogen and oxygen atoms in total. The van der Waals surface area contributed by atoms with Gasteiger partial charge in [0.1, 0.15) is 0 Å². The number of hydrogen-bond donors (Lipinski definition) is 1. The number of aromatic nitrogens is 1. The third-order valence-electron chi connectivity index (χ3n) is 2.78. The fourth-order valence-electron chi connectivity index (χ4n) is 1.70. The summed E-state index contributed by atoms with van der Waals surface area (Å²) in [5.41, 5.74) is 1.84. The summed E-state index contributed by atoms with van der Waals surface area (Å²) in [5, 5.41) is 4.84. The number of nitrogens with one attached hydrogen (secondary N) is 1. The van der Waals surface area contributed by atoms with Gasteiger partial charge in [-0.25, -0.2) is 4.98 Å². The summed E-state index contributed by atoms with van der Waals surface area (Å²) in [7, 11) is 1.59. The zero-order chi connectivity index (χ0) is 14.5. The largest absolute Gasteiger partial charge is 0.481 e. The van der Waals surface area contributed by atoms with Crippen molar-refractivity contribution in [3.63, 3.8) is 0 Å². The molecule has 1 aromatic heterocycles. The Kier molecular flexibility index (Phi) is 5.49. The molecule has 0 radical (unpaired) electrons. The predicted octanol–water partition coefficient (Wildman–Crippen LogP) is 4.34. The van der Waals surface area contributed by atoms with E-state index in [2.05, 4.69) is 10.3 Å². The summed E-state index contributed by atoms with van der Waals surface area (Å²) in [6.07, 6.45) is 1.76. The van der Waals surface area contributed by atoms with Crippen LogP contribution < -0.4 is 10.1 Å². The summed E-state index contributed by atoms with van der Waals surface area (Å²) < 4.78 is 5.01. The summed E-state index contributed by atoms with van der Waals surface area (Å²) in [6.45, 7) is 1.18. The molecule has 0 aliphatic carbocycles. The lowest BCUT2D eigenvalue weighted by molar-refractivity contribution is 0.397. The highest BCUT2D eigenvalue weighted by molar-refractivity contribution is 6.44. The Labute approximate surface area is 132 Å². The van der Waals surface area contributed by atoms with Crippen LogP contribution in [0.1, 0.15) is 11.1 Å². The van der Waals surface area contributed by atoms with Gasteiger partial charge in [0.05, 0.1) is 17.2 Å². The van der Waals surface area contributed by atoms with Crippen LogP contribution in [0.4, 0.5) is 0 Å². The van der Waals surface area contributed by atoms with Crippen molar-refractivity contribution in [2.75, 3.05) is 7.11 Å². The van der Waals surface area contributed by atoms with Gasteiger partial charge in [-0.2, -0.15) is 0 Å². The molecule has 0 atom stereocenters. The Bertz CT molecular complexity index is 588. The van der Waals surface area contributed by atoms with E-state index in [1.54, 1.807) is 25.4 Å². The first-order chi connectivity index (χ1) is 9.61. The Morgan fingerprint density at radius 3 is 2.45 bits per heavy atom. The minimum Gasteiger partial charge on any atom is -0.481 e.